The Balaban J connectivity index is 2.42. The molecule has 0 aliphatic carbocycles. The Kier molecular flexibility index (Phi) is 4.13. The van der Waals surface area contributed by atoms with Gasteiger partial charge in [0.2, 0.25) is 5.91 Å². The number of amides is 3. The number of rotatable bonds is 2. The fourth-order valence-electron chi connectivity index (χ4n) is 2.23. The van der Waals surface area contributed by atoms with Gasteiger partial charge in [-0.15, -0.1) is 0 Å². The summed E-state index contributed by atoms with van der Waals surface area (Å²) < 4.78 is 0.893. The first-order valence-corrected chi connectivity index (χ1v) is 6.92. The molecule has 1 aliphatic heterocycles. The highest BCUT2D eigenvalue weighted by molar-refractivity contribution is 9.10. The van der Waals surface area contributed by atoms with Crippen molar-refractivity contribution >= 4 is 27.9 Å². The second kappa shape index (κ2) is 5.66. The zero-order valence-electron chi connectivity index (χ0n) is 11.3. The normalized spacial score (nSPS) is 21.9. The maximum Gasteiger partial charge on any atom is 0.319 e. The SMILES string of the molecule is C=C1NC(=O)N[C@H](c2cccc(Br)c2)[C@@H]1C(=O)N(C)C. The first-order chi connectivity index (χ1) is 9.40. The summed E-state index contributed by atoms with van der Waals surface area (Å²) >= 11 is 3.40. The summed E-state index contributed by atoms with van der Waals surface area (Å²) in [6.07, 6.45) is 0. The van der Waals surface area contributed by atoms with Crippen molar-refractivity contribution in [2.45, 2.75) is 6.04 Å². The van der Waals surface area contributed by atoms with E-state index in [-0.39, 0.29) is 11.9 Å². The summed E-state index contributed by atoms with van der Waals surface area (Å²) in [7, 11) is 3.37. The average Bonchev–Trinajstić information content (AvgIpc) is 2.37. The van der Waals surface area contributed by atoms with E-state index in [4.69, 9.17) is 0 Å². The van der Waals surface area contributed by atoms with Gasteiger partial charge in [-0.2, -0.15) is 0 Å². The van der Waals surface area contributed by atoms with E-state index in [1.54, 1.807) is 14.1 Å². The highest BCUT2D eigenvalue weighted by Gasteiger charge is 2.38. The molecule has 20 heavy (non-hydrogen) atoms. The molecule has 0 bridgehead atoms. The van der Waals surface area contributed by atoms with Crippen LogP contribution in [0.1, 0.15) is 11.6 Å². The quantitative estimate of drug-likeness (QED) is 0.867. The van der Waals surface area contributed by atoms with Crippen molar-refractivity contribution in [2.75, 3.05) is 14.1 Å². The zero-order valence-corrected chi connectivity index (χ0v) is 12.9. The van der Waals surface area contributed by atoms with Gasteiger partial charge in [0.1, 0.15) is 5.92 Å². The third-order valence-electron chi connectivity index (χ3n) is 3.18. The molecule has 1 heterocycles. The van der Waals surface area contributed by atoms with Crippen molar-refractivity contribution in [3.05, 3.63) is 46.6 Å². The standard InChI is InChI=1S/C14H16BrN3O2/c1-8-11(13(19)18(2)3)12(17-14(20)16-8)9-5-4-6-10(15)7-9/h4-7,11-12H,1H2,2-3H3,(H2,16,17,20)/t11-,12-/m1/s1. The minimum absolute atomic E-state index is 0.104. The van der Waals surface area contributed by atoms with E-state index in [0.29, 0.717) is 5.70 Å². The summed E-state index contributed by atoms with van der Waals surface area (Å²) in [6, 6.07) is 6.76. The smallest absolute Gasteiger partial charge is 0.319 e. The van der Waals surface area contributed by atoms with E-state index >= 15 is 0 Å². The van der Waals surface area contributed by atoms with E-state index in [0.717, 1.165) is 10.0 Å². The van der Waals surface area contributed by atoms with Crippen molar-refractivity contribution in [3.63, 3.8) is 0 Å². The predicted octanol–water partition coefficient (Wildman–Crippen LogP) is 2.02. The highest BCUT2D eigenvalue weighted by Crippen LogP contribution is 2.31. The lowest BCUT2D eigenvalue weighted by Gasteiger charge is -2.35. The fourth-order valence-corrected chi connectivity index (χ4v) is 2.65. The van der Waals surface area contributed by atoms with Gasteiger partial charge in [0.15, 0.2) is 0 Å². The van der Waals surface area contributed by atoms with Crippen LogP contribution in [0.25, 0.3) is 0 Å². The molecule has 1 saturated heterocycles. The Labute approximate surface area is 126 Å². The van der Waals surface area contributed by atoms with Crippen molar-refractivity contribution in [3.8, 4) is 0 Å². The van der Waals surface area contributed by atoms with Crippen molar-refractivity contribution in [1.29, 1.82) is 0 Å². The molecule has 3 amide bonds. The maximum absolute atomic E-state index is 12.3. The van der Waals surface area contributed by atoms with Gasteiger partial charge in [0, 0.05) is 24.3 Å². The van der Waals surface area contributed by atoms with Crippen LogP contribution in [0.3, 0.4) is 0 Å². The van der Waals surface area contributed by atoms with Crippen LogP contribution in [0.15, 0.2) is 41.0 Å². The van der Waals surface area contributed by atoms with E-state index < -0.39 is 12.0 Å². The van der Waals surface area contributed by atoms with Crippen LogP contribution in [0.5, 0.6) is 0 Å². The molecular weight excluding hydrogens is 322 g/mol. The number of nitrogens with one attached hydrogen (secondary N) is 2. The molecule has 1 aromatic rings. The van der Waals surface area contributed by atoms with E-state index in [2.05, 4.69) is 33.1 Å². The van der Waals surface area contributed by atoms with Crippen LogP contribution >= 0.6 is 15.9 Å². The second-order valence-corrected chi connectivity index (χ2v) is 5.78. The summed E-state index contributed by atoms with van der Waals surface area (Å²) in [5, 5.41) is 5.37. The number of halogens is 1. The maximum atomic E-state index is 12.3. The van der Waals surface area contributed by atoms with Gasteiger partial charge < -0.3 is 15.5 Å². The summed E-state index contributed by atoms with van der Waals surface area (Å²) in [4.78, 5) is 25.5. The minimum Gasteiger partial charge on any atom is -0.348 e. The molecule has 0 spiro atoms. The minimum atomic E-state index is -0.531. The molecule has 106 valence electrons. The van der Waals surface area contributed by atoms with Crippen molar-refractivity contribution < 1.29 is 9.59 Å². The molecule has 0 radical (unpaired) electrons. The lowest BCUT2D eigenvalue weighted by Crippen LogP contribution is -2.52. The van der Waals surface area contributed by atoms with Crippen molar-refractivity contribution in [2.24, 2.45) is 5.92 Å². The third-order valence-corrected chi connectivity index (χ3v) is 3.68. The Morgan fingerprint density at radius 3 is 2.70 bits per heavy atom. The van der Waals surface area contributed by atoms with Gasteiger partial charge in [-0.05, 0) is 17.7 Å². The Bertz CT molecular complexity index is 571. The van der Waals surface area contributed by atoms with Crippen LogP contribution < -0.4 is 10.6 Å². The van der Waals surface area contributed by atoms with Gasteiger partial charge in [-0.1, -0.05) is 34.6 Å². The molecule has 0 unspecified atom stereocenters. The van der Waals surface area contributed by atoms with E-state index in [1.807, 2.05) is 24.3 Å². The summed E-state index contributed by atoms with van der Waals surface area (Å²) in [5.74, 6) is -0.635. The van der Waals surface area contributed by atoms with Crippen LogP contribution in [-0.2, 0) is 4.79 Å². The Hall–Kier alpha value is -1.82. The molecule has 2 atom stereocenters. The van der Waals surface area contributed by atoms with Crippen LogP contribution in [-0.4, -0.2) is 30.9 Å². The average molecular weight is 338 g/mol. The first-order valence-electron chi connectivity index (χ1n) is 6.13. The van der Waals surface area contributed by atoms with Gasteiger partial charge >= 0.3 is 6.03 Å². The van der Waals surface area contributed by atoms with Gasteiger partial charge in [-0.25, -0.2) is 4.79 Å². The predicted molar refractivity (Wildman–Crippen MR) is 79.9 cm³/mol. The molecule has 2 N–H and O–H groups in total. The third kappa shape index (κ3) is 2.85. The molecule has 1 fully saturated rings. The van der Waals surface area contributed by atoms with Crippen molar-refractivity contribution in [1.82, 2.24) is 15.5 Å². The number of benzene rings is 1. The zero-order chi connectivity index (χ0) is 14.9. The topological polar surface area (TPSA) is 61.4 Å². The summed E-state index contributed by atoms with van der Waals surface area (Å²) in [6.45, 7) is 3.82. The molecule has 2 rings (SSSR count). The molecule has 1 aromatic carbocycles. The number of nitrogens with zero attached hydrogens (tertiary/aromatic N) is 1. The van der Waals surface area contributed by atoms with Crippen LogP contribution in [0, 0.1) is 5.92 Å². The molecule has 0 aromatic heterocycles. The largest absolute Gasteiger partial charge is 0.348 e. The lowest BCUT2D eigenvalue weighted by molar-refractivity contribution is -0.132. The number of carbonyl (C=O) groups is 2. The van der Waals surface area contributed by atoms with Gasteiger partial charge in [-0.3, -0.25) is 4.79 Å². The monoisotopic (exact) mass is 337 g/mol. The molecule has 6 heteroatoms. The highest BCUT2D eigenvalue weighted by atomic mass is 79.9. The second-order valence-electron chi connectivity index (χ2n) is 4.87. The fraction of sp³-hybridized carbons (Fsp3) is 0.286. The van der Waals surface area contributed by atoms with Crippen LogP contribution in [0.2, 0.25) is 0 Å². The van der Waals surface area contributed by atoms with E-state index in [1.165, 1.54) is 4.90 Å². The van der Waals surface area contributed by atoms with Gasteiger partial charge in [0.05, 0.1) is 6.04 Å². The lowest BCUT2D eigenvalue weighted by atomic mass is 9.88. The first kappa shape index (κ1) is 14.6. The van der Waals surface area contributed by atoms with Gasteiger partial charge in [0.25, 0.3) is 0 Å². The number of urea groups is 1. The summed E-state index contributed by atoms with van der Waals surface area (Å²) in [5.41, 5.74) is 1.27. The van der Waals surface area contributed by atoms with E-state index in [9.17, 15) is 9.59 Å². The Morgan fingerprint density at radius 2 is 2.10 bits per heavy atom. The molecule has 0 saturated carbocycles. The Morgan fingerprint density at radius 1 is 1.40 bits per heavy atom. The number of hydrogen-bond donors (Lipinski definition) is 2. The number of carbonyl (C=O) groups excluding carboxylic acids is 2. The molecule has 5 nitrogen and oxygen atoms in total. The molecular formula is C14H16BrN3O2. The number of hydrogen-bond acceptors (Lipinski definition) is 2. The van der Waals surface area contributed by atoms with Crippen LogP contribution in [0.4, 0.5) is 4.79 Å². The molecule has 1 aliphatic rings.